The van der Waals surface area contributed by atoms with E-state index in [1.54, 1.807) is 6.07 Å². The SMILES string of the molecule is CC/C=C\C/C=C\C/C=C\C/C=C\C/C=C\CCCC(=O)O.CC/C=C\C/C=C\C/C=C\C/C=C\C/C=C\CCCC(=O)O[C@H]1Cc2ccccc2N(C(N)=O)c2ccccc21.NC(=O)N1c2ccccc2C[C@H](O)c2ccccc21. The Morgan fingerprint density at radius 2 is 0.790 bits per heavy atom. The minimum atomic E-state index is -0.715. The maximum Gasteiger partial charge on any atom is 0.323 e. The number of carboxylic acids is 1. The quantitative estimate of drug-likeness (QED) is 0.0261. The summed E-state index contributed by atoms with van der Waals surface area (Å²) in [6.45, 7) is 4.29. The molecule has 0 spiro atoms. The molecule has 0 aliphatic carbocycles. The first-order chi connectivity index (χ1) is 39.6. The molecule has 2 aliphatic rings. The number of allylic oxidation sites excluding steroid dienone is 20. The fourth-order valence-corrected chi connectivity index (χ4v) is 8.90. The third kappa shape index (κ3) is 25.2. The lowest BCUT2D eigenvalue weighted by atomic mass is 10.0. The highest BCUT2D eigenvalue weighted by Gasteiger charge is 2.31. The van der Waals surface area contributed by atoms with Gasteiger partial charge in [0.2, 0.25) is 0 Å². The number of nitrogens with two attached hydrogens (primary N) is 2. The van der Waals surface area contributed by atoms with E-state index in [4.69, 9.17) is 21.3 Å². The lowest BCUT2D eigenvalue weighted by molar-refractivity contribution is -0.149. The van der Waals surface area contributed by atoms with E-state index in [2.05, 4.69) is 135 Å². The van der Waals surface area contributed by atoms with Crippen molar-refractivity contribution >= 4 is 46.8 Å². The number of carbonyl (C=O) groups is 4. The first-order valence-electron chi connectivity index (χ1n) is 28.7. The van der Waals surface area contributed by atoms with E-state index in [0.29, 0.717) is 30.6 Å². The van der Waals surface area contributed by atoms with Crippen LogP contribution >= 0.6 is 0 Å². The maximum atomic E-state index is 12.7. The minimum Gasteiger partial charge on any atom is -0.481 e. The number of unbranched alkanes of at least 4 members (excludes halogenated alkanes) is 2. The van der Waals surface area contributed by atoms with Crippen molar-refractivity contribution in [1.29, 1.82) is 0 Å². The summed E-state index contributed by atoms with van der Waals surface area (Å²) in [6, 6.07) is 28.7. The molecule has 6 N–H and O–H groups in total. The highest BCUT2D eigenvalue weighted by atomic mass is 16.5. The largest absolute Gasteiger partial charge is 0.481 e. The van der Waals surface area contributed by atoms with Crippen molar-refractivity contribution in [2.24, 2.45) is 11.5 Å². The van der Waals surface area contributed by atoms with Crippen LogP contribution in [0.3, 0.4) is 0 Å². The van der Waals surface area contributed by atoms with Crippen molar-refractivity contribution in [3.05, 3.63) is 241 Å². The molecule has 4 amide bonds. The first kappa shape index (κ1) is 65.2. The van der Waals surface area contributed by atoms with Gasteiger partial charge in [0.25, 0.3) is 0 Å². The molecule has 428 valence electrons. The summed E-state index contributed by atoms with van der Waals surface area (Å²) in [6.07, 6.45) is 56.8. The predicted molar refractivity (Wildman–Crippen MR) is 335 cm³/mol. The van der Waals surface area contributed by atoms with E-state index in [0.717, 1.165) is 124 Å². The molecule has 0 fully saturated rings. The van der Waals surface area contributed by atoms with E-state index in [1.165, 1.54) is 9.80 Å². The number of amides is 4. The van der Waals surface area contributed by atoms with E-state index in [1.807, 2.05) is 91.0 Å². The Morgan fingerprint density at radius 3 is 1.20 bits per heavy atom. The topological polar surface area (TPSA) is 176 Å². The summed E-state index contributed by atoms with van der Waals surface area (Å²) in [7, 11) is 0. The molecule has 0 radical (unpaired) electrons. The Hall–Kier alpha value is -8.28. The Labute approximate surface area is 482 Å². The summed E-state index contributed by atoms with van der Waals surface area (Å²) < 4.78 is 5.95. The number of hydrogen-bond acceptors (Lipinski definition) is 6. The van der Waals surface area contributed by atoms with Crippen molar-refractivity contribution in [2.45, 2.75) is 142 Å². The third-order valence-corrected chi connectivity index (χ3v) is 12.9. The van der Waals surface area contributed by atoms with Crippen LogP contribution in [0, 0.1) is 0 Å². The first-order valence-corrected chi connectivity index (χ1v) is 28.7. The number of esters is 1. The van der Waals surface area contributed by atoms with Crippen LogP contribution in [0.25, 0.3) is 0 Å². The predicted octanol–water partition coefficient (Wildman–Crippen LogP) is 17.5. The number of carbonyl (C=O) groups excluding carboxylic acids is 3. The van der Waals surface area contributed by atoms with Gasteiger partial charge in [-0.25, -0.2) is 9.59 Å². The van der Waals surface area contributed by atoms with Gasteiger partial charge < -0.3 is 26.4 Å². The minimum absolute atomic E-state index is 0.239. The number of carboxylic acid groups (broad SMARTS) is 1. The highest BCUT2D eigenvalue weighted by Crippen LogP contribution is 2.42. The fourth-order valence-electron chi connectivity index (χ4n) is 8.90. The van der Waals surface area contributed by atoms with E-state index < -0.39 is 30.2 Å². The number of hydrogen-bond donors (Lipinski definition) is 4. The number of urea groups is 2. The smallest absolute Gasteiger partial charge is 0.323 e. The second-order valence-corrected chi connectivity index (χ2v) is 19.2. The number of benzene rings is 4. The fraction of sp³-hybridized carbons (Fsp3) is 0.314. The van der Waals surface area contributed by atoms with Gasteiger partial charge in [0.1, 0.15) is 6.10 Å². The number of primary amides is 2. The van der Waals surface area contributed by atoms with E-state index in [-0.39, 0.29) is 12.4 Å². The summed E-state index contributed by atoms with van der Waals surface area (Å²) in [5.41, 5.74) is 17.3. The molecule has 6 rings (SSSR count). The van der Waals surface area contributed by atoms with Crippen LogP contribution in [0.4, 0.5) is 32.3 Å². The van der Waals surface area contributed by atoms with Gasteiger partial charge in [0.05, 0.1) is 28.9 Å². The molecule has 81 heavy (non-hydrogen) atoms. The number of aliphatic carboxylic acids is 1. The Morgan fingerprint density at radius 1 is 0.457 bits per heavy atom. The van der Waals surface area contributed by atoms with Gasteiger partial charge in [0.15, 0.2) is 0 Å². The van der Waals surface area contributed by atoms with Gasteiger partial charge in [-0.05, 0) is 125 Å². The zero-order valence-electron chi connectivity index (χ0n) is 47.7. The van der Waals surface area contributed by atoms with Gasteiger partial charge in [-0.15, -0.1) is 0 Å². The molecule has 0 unspecified atom stereocenters. The maximum absolute atomic E-state index is 12.7. The number of anilines is 4. The Balaban J connectivity index is 0.000000289. The summed E-state index contributed by atoms with van der Waals surface area (Å²) in [5, 5.41) is 18.8. The highest BCUT2D eigenvalue weighted by molar-refractivity contribution is 6.01. The Kier molecular flexibility index (Phi) is 32.2. The third-order valence-electron chi connectivity index (χ3n) is 12.9. The molecule has 0 bridgehead atoms. The lowest BCUT2D eigenvalue weighted by Gasteiger charge is -2.23. The molecule has 0 aromatic heterocycles. The van der Waals surface area contributed by atoms with Crippen LogP contribution in [0.15, 0.2) is 219 Å². The zero-order chi connectivity index (χ0) is 58.1. The van der Waals surface area contributed by atoms with Crippen LogP contribution in [0.2, 0.25) is 0 Å². The second-order valence-electron chi connectivity index (χ2n) is 19.2. The Bertz CT molecular complexity index is 2850. The molecule has 11 heteroatoms. The average Bonchev–Trinajstić information content (AvgIpc) is 3.87. The number of rotatable bonds is 27. The van der Waals surface area contributed by atoms with Gasteiger partial charge in [-0.1, -0.05) is 208 Å². The van der Waals surface area contributed by atoms with Gasteiger partial charge in [0, 0.05) is 36.8 Å². The van der Waals surface area contributed by atoms with Crippen molar-refractivity contribution in [2.75, 3.05) is 9.80 Å². The van der Waals surface area contributed by atoms with Crippen LogP contribution in [-0.4, -0.2) is 34.2 Å². The number of aliphatic hydroxyl groups is 1. The van der Waals surface area contributed by atoms with Crippen molar-refractivity contribution in [3.8, 4) is 0 Å². The molecule has 11 nitrogen and oxygen atoms in total. The average molecular weight is 1100 g/mol. The molecule has 0 saturated carbocycles. The molecule has 2 aliphatic heterocycles. The van der Waals surface area contributed by atoms with Crippen LogP contribution in [-0.2, 0) is 27.2 Å². The van der Waals surface area contributed by atoms with E-state index >= 15 is 0 Å². The monoisotopic (exact) mass is 1090 g/mol. The summed E-state index contributed by atoms with van der Waals surface area (Å²) in [4.78, 5) is 50.2. The molecule has 4 aromatic rings. The van der Waals surface area contributed by atoms with Crippen LogP contribution in [0.1, 0.15) is 151 Å². The van der Waals surface area contributed by atoms with Gasteiger partial charge in [-0.2, -0.15) is 0 Å². The molecule has 2 heterocycles. The number of fused-ring (bicyclic) bond motifs is 4. The summed E-state index contributed by atoms with van der Waals surface area (Å²) in [5.74, 6) is -0.954. The molecule has 0 saturated heterocycles. The number of aliphatic hydroxyl groups excluding tert-OH is 1. The number of nitrogens with zero attached hydrogens (tertiary/aromatic N) is 2. The number of para-hydroxylation sites is 4. The zero-order valence-corrected chi connectivity index (χ0v) is 47.7. The standard InChI is InChI=1S/C35H42N2O3.C20H30O2.C15H14N2O2/c1-2-3-4-5-6-7-8-9-10-11-12-13-14-15-16-17-18-27-34(38)40-33-28-29-23-19-21-25-31(29)37(35(36)39)32-26-22-20-24-30(32)33;1-2-3-4-5-6-7-8-9-10-11-12-13-14-15-16-17-18-19-20(21)22;16-15(19)17-12-7-3-1-5-10(12)9-14(18)11-6-2-4-8-13(11)17/h3-4,6-7,9-10,12-13,15-16,19-26,33H,2,5,8,11,14,17-18,27-28H2,1H3,(H2,36,39);3-4,6-7,9-10,12-13,15-16H,2,5,8,11,14,17-19H2,1H3,(H,21,22);1-8,14,18H,9H2,(H2,16,19)/b2*4-3-,7-6-,10-9-,13-12-,16-15-;/t33-;;14-/m0.0/s1. The van der Waals surface area contributed by atoms with Crippen LogP contribution in [0.5, 0.6) is 0 Å². The lowest BCUT2D eigenvalue weighted by Crippen LogP contribution is -2.32. The van der Waals surface area contributed by atoms with Crippen molar-refractivity contribution < 1.29 is 34.1 Å². The molecule has 4 aromatic carbocycles. The van der Waals surface area contributed by atoms with Gasteiger partial charge in [-0.3, -0.25) is 19.4 Å². The molecular weight excluding hydrogens is 1010 g/mol. The van der Waals surface area contributed by atoms with E-state index in [9.17, 15) is 24.3 Å². The second kappa shape index (κ2) is 40.0. The van der Waals surface area contributed by atoms with Gasteiger partial charge >= 0.3 is 24.0 Å². The summed E-state index contributed by atoms with van der Waals surface area (Å²) >= 11 is 0. The van der Waals surface area contributed by atoms with Crippen molar-refractivity contribution in [1.82, 2.24) is 0 Å². The number of ether oxygens (including phenoxy) is 1. The normalized spacial score (nSPS) is 15.1. The van der Waals surface area contributed by atoms with Crippen molar-refractivity contribution in [3.63, 3.8) is 0 Å². The molecule has 2 atom stereocenters. The van der Waals surface area contributed by atoms with Crippen LogP contribution < -0.4 is 21.3 Å². The molecular formula is C70H86N4O7.